The molecule has 1 amide bonds. The predicted molar refractivity (Wildman–Crippen MR) is 77.6 cm³/mol. The lowest BCUT2D eigenvalue weighted by Gasteiger charge is -2.10. The van der Waals surface area contributed by atoms with Crippen LogP contribution in [0.4, 0.5) is 5.69 Å². The Morgan fingerprint density at radius 3 is 2.56 bits per heavy atom. The van der Waals surface area contributed by atoms with Gasteiger partial charge in [0.25, 0.3) is 5.91 Å². The molecule has 4 nitrogen and oxygen atoms in total. The van der Waals surface area contributed by atoms with E-state index in [1.54, 1.807) is 6.07 Å². The second-order valence-electron chi connectivity index (χ2n) is 3.38. The summed E-state index contributed by atoms with van der Waals surface area (Å²) in [5.41, 5.74) is 6.50. The third kappa shape index (κ3) is 3.54. The standard InChI is InChI=1S/C12H11N3OS2/c16-11(10-7-4-8-18-10)13-12(17)15-14-9-5-2-1-3-6-9/h1-8,14H,(H2,13,15,16,17). The fourth-order valence-corrected chi connectivity index (χ4v) is 2.02. The van der Waals surface area contributed by atoms with Gasteiger partial charge in [-0.25, -0.2) is 0 Å². The summed E-state index contributed by atoms with van der Waals surface area (Å²) in [7, 11) is 0. The molecule has 18 heavy (non-hydrogen) atoms. The zero-order chi connectivity index (χ0) is 12.8. The average Bonchev–Trinajstić information content (AvgIpc) is 2.91. The Morgan fingerprint density at radius 2 is 1.89 bits per heavy atom. The minimum atomic E-state index is -0.211. The Hall–Kier alpha value is -1.92. The quantitative estimate of drug-likeness (QED) is 0.595. The SMILES string of the molecule is O=C(NC(=S)NNc1ccccc1)c1cccs1. The molecule has 2 aromatic rings. The molecule has 0 saturated carbocycles. The molecule has 0 unspecified atom stereocenters. The van der Waals surface area contributed by atoms with Crippen molar-refractivity contribution in [1.82, 2.24) is 10.7 Å². The highest BCUT2D eigenvalue weighted by molar-refractivity contribution is 7.80. The number of rotatable bonds is 3. The maximum Gasteiger partial charge on any atom is 0.267 e. The van der Waals surface area contributed by atoms with Crippen molar-refractivity contribution in [3.63, 3.8) is 0 Å². The van der Waals surface area contributed by atoms with Crippen molar-refractivity contribution >= 4 is 40.3 Å². The lowest BCUT2D eigenvalue weighted by molar-refractivity contribution is 0.0981. The summed E-state index contributed by atoms with van der Waals surface area (Å²) in [6.45, 7) is 0. The van der Waals surface area contributed by atoms with Gasteiger partial charge in [0.15, 0.2) is 5.11 Å². The third-order valence-corrected chi connectivity index (χ3v) is 3.14. The summed E-state index contributed by atoms with van der Waals surface area (Å²) in [6.07, 6.45) is 0. The van der Waals surface area contributed by atoms with Crippen LogP contribution in [-0.4, -0.2) is 11.0 Å². The second kappa shape index (κ2) is 6.13. The lowest BCUT2D eigenvalue weighted by Crippen LogP contribution is -2.41. The van der Waals surface area contributed by atoms with Crippen molar-refractivity contribution in [1.29, 1.82) is 0 Å². The van der Waals surface area contributed by atoms with Crippen molar-refractivity contribution in [2.24, 2.45) is 0 Å². The topological polar surface area (TPSA) is 53.2 Å². The molecule has 0 saturated heterocycles. The summed E-state index contributed by atoms with van der Waals surface area (Å²) >= 11 is 6.37. The number of thiophene rings is 1. The van der Waals surface area contributed by atoms with E-state index in [1.807, 2.05) is 41.8 Å². The first-order valence-electron chi connectivity index (χ1n) is 5.21. The lowest BCUT2D eigenvalue weighted by atomic mass is 10.3. The molecule has 1 aromatic heterocycles. The zero-order valence-electron chi connectivity index (χ0n) is 9.34. The highest BCUT2D eigenvalue weighted by atomic mass is 32.1. The monoisotopic (exact) mass is 277 g/mol. The van der Waals surface area contributed by atoms with Gasteiger partial charge in [0, 0.05) is 0 Å². The Bertz CT molecular complexity index is 526. The summed E-state index contributed by atoms with van der Waals surface area (Å²) < 4.78 is 0. The molecule has 0 aliphatic carbocycles. The number of carbonyl (C=O) groups is 1. The van der Waals surface area contributed by atoms with Gasteiger partial charge in [0.2, 0.25) is 0 Å². The third-order valence-electron chi connectivity index (χ3n) is 2.07. The van der Waals surface area contributed by atoms with Crippen LogP contribution in [0, 0.1) is 0 Å². The highest BCUT2D eigenvalue weighted by Gasteiger charge is 2.07. The molecule has 0 aliphatic heterocycles. The van der Waals surface area contributed by atoms with Crippen molar-refractivity contribution in [2.75, 3.05) is 5.43 Å². The van der Waals surface area contributed by atoms with Gasteiger partial charge in [0.05, 0.1) is 10.6 Å². The summed E-state index contributed by atoms with van der Waals surface area (Å²) in [5.74, 6) is -0.211. The fourth-order valence-electron chi connectivity index (χ4n) is 1.25. The smallest absolute Gasteiger partial charge is 0.267 e. The number of benzene rings is 1. The molecule has 0 aliphatic rings. The minimum Gasteiger partial charge on any atom is -0.299 e. The molecule has 92 valence electrons. The molecule has 0 atom stereocenters. The molecule has 2 rings (SSSR count). The van der Waals surface area contributed by atoms with E-state index in [0.29, 0.717) is 4.88 Å². The first-order valence-corrected chi connectivity index (χ1v) is 6.50. The highest BCUT2D eigenvalue weighted by Crippen LogP contribution is 2.07. The molecule has 1 heterocycles. The molecule has 0 radical (unpaired) electrons. The van der Waals surface area contributed by atoms with Gasteiger partial charge in [-0.1, -0.05) is 24.3 Å². The van der Waals surface area contributed by atoms with Crippen LogP contribution in [0.25, 0.3) is 0 Å². The Labute approximate surface area is 114 Å². The minimum absolute atomic E-state index is 0.211. The van der Waals surface area contributed by atoms with Crippen LogP contribution in [0.3, 0.4) is 0 Å². The number of para-hydroxylation sites is 1. The molecular weight excluding hydrogens is 266 g/mol. The van der Waals surface area contributed by atoms with Crippen LogP contribution in [0.15, 0.2) is 47.8 Å². The van der Waals surface area contributed by atoms with Gasteiger partial charge < -0.3 is 0 Å². The van der Waals surface area contributed by atoms with Crippen LogP contribution in [0.1, 0.15) is 9.67 Å². The van der Waals surface area contributed by atoms with Gasteiger partial charge >= 0.3 is 0 Å². The van der Waals surface area contributed by atoms with Crippen LogP contribution in [0.2, 0.25) is 0 Å². The molecular formula is C12H11N3OS2. The molecule has 1 aromatic carbocycles. The number of hydrogen-bond donors (Lipinski definition) is 3. The number of carbonyl (C=O) groups excluding carboxylic acids is 1. The van der Waals surface area contributed by atoms with Gasteiger partial charge in [-0.2, -0.15) is 0 Å². The summed E-state index contributed by atoms with van der Waals surface area (Å²) in [4.78, 5) is 12.3. The summed E-state index contributed by atoms with van der Waals surface area (Å²) in [5, 5.41) is 4.66. The maximum atomic E-state index is 11.7. The predicted octanol–water partition coefficient (Wildman–Crippen LogP) is 2.38. The van der Waals surface area contributed by atoms with Crippen LogP contribution in [0.5, 0.6) is 0 Å². The van der Waals surface area contributed by atoms with Crippen molar-refractivity contribution in [3.05, 3.63) is 52.7 Å². The van der Waals surface area contributed by atoms with E-state index >= 15 is 0 Å². The van der Waals surface area contributed by atoms with Crippen LogP contribution in [-0.2, 0) is 0 Å². The molecule has 6 heteroatoms. The van der Waals surface area contributed by atoms with Gasteiger partial charge in [-0.15, -0.1) is 11.3 Å². The first kappa shape index (κ1) is 12.5. The van der Waals surface area contributed by atoms with Gasteiger partial charge in [-0.05, 0) is 35.8 Å². The molecule has 0 spiro atoms. The van der Waals surface area contributed by atoms with E-state index in [0.717, 1.165) is 5.69 Å². The number of anilines is 1. The number of thiocarbonyl (C=S) groups is 1. The molecule has 0 fully saturated rings. The molecule has 0 bridgehead atoms. The van der Waals surface area contributed by atoms with Crippen LogP contribution < -0.4 is 16.2 Å². The second-order valence-corrected chi connectivity index (χ2v) is 4.73. The van der Waals surface area contributed by atoms with E-state index in [4.69, 9.17) is 12.2 Å². The number of amides is 1. The van der Waals surface area contributed by atoms with E-state index in [9.17, 15) is 4.79 Å². The van der Waals surface area contributed by atoms with E-state index in [2.05, 4.69) is 16.2 Å². The van der Waals surface area contributed by atoms with Gasteiger partial charge in [0.1, 0.15) is 0 Å². The molecule has 3 N–H and O–H groups in total. The van der Waals surface area contributed by atoms with Crippen LogP contribution >= 0.6 is 23.6 Å². The number of hydrazine groups is 1. The largest absolute Gasteiger partial charge is 0.299 e. The zero-order valence-corrected chi connectivity index (χ0v) is 11.0. The first-order chi connectivity index (χ1) is 8.75. The van der Waals surface area contributed by atoms with Gasteiger partial charge in [-0.3, -0.25) is 21.0 Å². The Morgan fingerprint density at radius 1 is 1.11 bits per heavy atom. The number of hydrogen-bond acceptors (Lipinski definition) is 4. The average molecular weight is 277 g/mol. The van der Waals surface area contributed by atoms with E-state index in [-0.39, 0.29) is 11.0 Å². The fraction of sp³-hybridized carbons (Fsp3) is 0. The maximum absolute atomic E-state index is 11.7. The van der Waals surface area contributed by atoms with E-state index < -0.39 is 0 Å². The summed E-state index contributed by atoms with van der Waals surface area (Å²) in [6, 6.07) is 13.1. The Kier molecular flexibility index (Phi) is 4.27. The van der Waals surface area contributed by atoms with Crippen molar-refractivity contribution < 1.29 is 4.79 Å². The van der Waals surface area contributed by atoms with Crippen molar-refractivity contribution in [2.45, 2.75) is 0 Å². The van der Waals surface area contributed by atoms with E-state index in [1.165, 1.54) is 11.3 Å². The Balaban J connectivity index is 1.81. The van der Waals surface area contributed by atoms with Crippen molar-refractivity contribution in [3.8, 4) is 0 Å². The normalized spacial score (nSPS) is 9.56. The number of nitrogens with one attached hydrogen (secondary N) is 3.